The van der Waals surface area contributed by atoms with Crippen LogP contribution in [0.1, 0.15) is 11.1 Å². The number of nitrogens with zero attached hydrogens (tertiary/aromatic N) is 1. The molecule has 5 heteroatoms. The standard InChI is InChI=1S/C18H16ClN3O/c1-12-4-3-5-13(2)17(12)21-11-14(10-20)18(23)22-16-8-6-15(19)7-9-16/h3-9,11,21H,1-2H3,(H,22,23)/b14-11-. The molecule has 0 saturated heterocycles. The van der Waals surface area contributed by atoms with Crippen LogP contribution in [-0.4, -0.2) is 5.91 Å². The Balaban J connectivity index is 2.14. The number of benzene rings is 2. The molecule has 0 aromatic heterocycles. The number of halogens is 1. The van der Waals surface area contributed by atoms with Crippen molar-refractivity contribution in [2.24, 2.45) is 0 Å². The van der Waals surface area contributed by atoms with Crippen molar-refractivity contribution < 1.29 is 4.79 Å². The van der Waals surface area contributed by atoms with E-state index < -0.39 is 5.91 Å². The molecular formula is C18H16ClN3O. The number of carbonyl (C=O) groups excluding carboxylic acids is 1. The van der Waals surface area contributed by atoms with Crippen molar-refractivity contribution in [2.45, 2.75) is 13.8 Å². The molecule has 0 atom stereocenters. The summed E-state index contributed by atoms with van der Waals surface area (Å²) in [7, 11) is 0. The van der Waals surface area contributed by atoms with Crippen molar-refractivity contribution in [3.8, 4) is 6.07 Å². The van der Waals surface area contributed by atoms with Crippen LogP contribution in [0.15, 0.2) is 54.2 Å². The number of anilines is 2. The highest BCUT2D eigenvalue weighted by Crippen LogP contribution is 2.20. The van der Waals surface area contributed by atoms with E-state index in [2.05, 4.69) is 10.6 Å². The van der Waals surface area contributed by atoms with Crippen LogP contribution in [0.4, 0.5) is 11.4 Å². The first-order chi connectivity index (χ1) is 11.0. The maximum absolute atomic E-state index is 12.1. The summed E-state index contributed by atoms with van der Waals surface area (Å²) in [5, 5.41) is 15.5. The molecule has 0 aliphatic heterocycles. The minimum Gasteiger partial charge on any atom is -0.360 e. The SMILES string of the molecule is Cc1cccc(C)c1N/C=C(/C#N)C(=O)Nc1ccc(Cl)cc1. The van der Waals surface area contributed by atoms with Crippen molar-refractivity contribution in [3.63, 3.8) is 0 Å². The Morgan fingerprint density at radius 3 is 2.30 bits per heavy atom. The first-order valence-corrected chi connectivity index (χ1v) is 7.39. The van der Waals surface area contributed by atoms with Gasteiger partial charge in [-0.1, -0.05) is 29.8 Å². The molecule has 0 spiro atoms. The topological polar surface area (TPSA) is 64.9 Å². The quantitative estimate of drug-likeness (QED) is 0.646. The molecule has 1 amide bonds. The number of aryl methyl sites for hydroxylation is 2. The van der Waals surface area contributed by atoms with Crippen molar-refractivity contribution in [2.75, 3.05) is 10.6 Å². The Kier molecular flexibility index (Phi) is 5.40. The Morgan fingerprint density at radius 2 is 1.74 bits per heavy atom. The average molecular weight is 326 g/mol. The first kappa shape index (κ1) is 16.6. The summed E-state index contributed by atoms with van der Waals surface area (Å²) < 4.78 is 0. The van der Waals surface area contributed by atoms with Crippen molar-refractivity contribution in [1.82, 2.24) is 0 Å². The normalized spacial score (nSPS) is 10.8. The third kappa shape index (κ3) is 4.35. The van der Waals surface area contributed by atoms with Gasteiger partial charge >= 0.3 is 0 Å². The van der Waals surface area contributed by atoms with E-state index in [4.69, 9.17) is 11.6 Å². The van der Waals surface area contributed by atoms with E-state index in [9.17, 15) is 10.1 Å². The lowest BCUT2D eigenvalue weighted by Crippen LogP contribution is -2.14. The molecule has 2 aromatic rings. The highest BCUT2D eigenvalue weighted by Gasteiger charge is 2.10. The van der Waals surface area contributed by atoms with E-state index in [1.165, 1.54) is 6.20 Å². The molecule has 2 N–H and O–H groups in total. The van der Waals surface area contributed by atoms with Gasteiger partial charge in [-0.15, -0.1) is 0 Å². The number of amides is 1. The fourth-order valence-corrected chi connectivity index (χ4v) is 2.19. The van der Waals surface area contributed by atoms with E-state index in [0.29, 0.717) is 10.7 Å². The second-order valence-electron chi connectivity index (χ2n) is 5.04. The molecule has 0 radical (unpaired) electrons. The van der Waals surface area contributed by atoms with Gasteiger partial charge in [0.1, 0.15) is 11.6 Å². The second kappa shape index (κ2) is 7.48. The second-order valence-corrected chi connectivity index (χ2v) is 5.48. The molecule has 0 fully saturated rings. The summed E-state index contributed by atoms with van der Waals surface area (Å²) in [4.78, 5) is 12.1. The average Bonchev–Trinajstić information content (AvgIpc) is 2.52. The molecule has 116 valence electrons. The Labute approximate surface area is 140 Å². The summed E-state index contributed by atoms with van der Waals surface area (Å²) in [6, 6.07) is 14.5. The van der Waals surface area contributed by atoms with Gasteiger partial charge in [-0.2, -0.15) is 5.26 Å². The van der Waals surface area contributed by atoms with Gasteiger partial charge < -0.3 is 10.6 Å². The molecule has 0 unspecified atom stereocenters. The lowest BCUT2D eigenvalue weighted by molar-refractivity contribution is -0.112. The molecule has 0 heterocycles. The Hall–Kier alpha value is -2.77. The van der Waals surface area contributed by atoms with Crippen molar-refractivity contribution in [1.29, 1.82) is 5.26 Å². The number of para-hydroxylation sites is 1. The molecule has 0 saturated carbocycles. The summed E-state index contributed by atoms with van der Waals surface area (Å²) in [6.45, 7) is 3.92. The van der Waals surface area contributed by atoms with Gasteiger partial charge in [0, 0.05) is 22.6 Å². The van der Waals surface area contributed by atoms with Crippen molar-refractivity contribution in [3.05, 3.63) is 70.4 Å². The maximum atomic E-state index is 12.1. The van der Waals surface area contributed by atoms with E-state index in [-0.39, 0.29) is 5.57 Å². The van der Waals surface area contributed by atoms with E-state index in [1.807, 2.05) is 38.1 Å². The highest BCUT2D eigenvalue weighted by molar-refractivity contribution is 6.30. The van der Waals surface area contributed by atoms with Crippen LogP contribution in [0.2, 0.25) is 5.02 Å². The van der Waals surface area contributed by atoms with Gasteiger partial charge in [-0.05, 0) is 49.2 Å². The number of hydrogen-bond acceptors (Lipinski definition) is 3. The smallest absolute Gasteiger partial charge is 0.267 e. The number of nitriles is 1. The zero-order valence-electron chi connectivity index (χ0n) is 12.9. The Morgan fingerprint density at radius 1 is 1.13 bits per heavy atom. The fraction of sp³-hybridized carbons (Fsp3) is 0.111. The number of carbonyl (C=O) groups is 1. The van der Waals surface area contributed by atoms with Crippen LogP contribution in [0, 0.1) is 25.2 Å². The molecule has 2 rings (SSSR count). The van der Waals surface area contributed by atoms with Gasteiger partial charge in [-0.25, -0.2) is 0 Å². The lowest BCUT2D eigenvalue weighted by atomic mass is 10.1. The molecule has 0 aliphatic rings. The van der Waals surface area contributed by atoms with Gasteiger partial charge in [0.2, 0.25) is 0 Å². The fourth-order valence-electron chi connectivity index (χ4n) is 2.07. The van der Waals surface area contributed by atoms with E-state index >= 15 is 0 Å². The number of rotatable bonds is 4. The van der Waals surface area contributed by atoms with Crippen LogP contribution in [-0.2, 0) is 4.79 Å². The van der Waals surface area contributed by atoms with Gasteiger partial charge in [0.25, 0.3) is 5.91 Å². The van der Waals surface area contributed by atoms with Crippen LogP contribution < -0.4 is 10.6 Å². The summed E-state index contributed by atoms with van der Waals surface area (Å²) in [6.07, 6.45) is 1.42. The lowest BCUT2D eigenvalue weighted by Gasteiger charge is -2.10. The molecule has 23 heavy (non-hydrogen) atoms. The van der Waals surface area contributed by atoms with Gasteiger partial charge in [0.05, 0.1) is 0 Å². The molecular weight excluding hydrogens is 310 g/mol. The molecule has 4 nitrogen and oxygen atoms in total. The zero-order valence-corrected chi connectivity index (χ0v) is 13.6. The number of hydrogen-bond donors (Lipinski definition) is 2. The summed E-state index contributed by atoms with van der Waals surface area (Å²) in [5.74, 6) is -0.478. The predicted molar refractivity (Wildman–Crippen MR) is 93.3 cm³/mol. The van der Waals surface area contributed by atoms with E-state index in [1.54, 1.807) is 24.3 Å². The first-order valence-electron chi connectivity index (χ1n) is 7.01. The highest BCUT2D eigenvalue weighted by atomic mass is 35.5. The minimum atomic E-state index is -0.478. The predicted octanol–water partition coefficient (Wildman–Crippen LogP) is 4.41. The van der Waals surface area contributed by atoms with Crippen LogP contribution >= 0.6 is 11.6 Å². The third-order valence-electron chi connectivity index (χ3n) is 3.31. The van der Waals surface area contributed by atoms with Crippen molar-refractivity contribution >= 4 is 28.9 Å². The van der Waals surface area contributed by atoms with Gasteiger partial charge in [0.15, 0.2) is 0 Å². The molecule has 0 bridgehead atoms. The van der Waals surface area contributed by atoms with Crippen LogP contribution in [0.25, 0.3) is 0 Å². The zero-order chi connectivity index (χ0) is 16.8. The maximum Gasteiger partial charge on any atom is 0.267 e. The summed E-state index contributed by atoms with van der Waals surface area (Å²) >= 11 is 5.80. The van der Waals surface area contributed by atoms with E-state index in [0.717, 1.165) is 16.8 Å². The van der Waals surface area contributed by atoms with Crippen LogP contribution in [0.5, 0.6) is 0 Å². The summed E-state index contributed by atoms with van der Waals surface area (Å²) in [5.41, 5.74) is 3.53. The minimum absolute atomic E-state index is 0.0115. The largest absolute Gasteiger partial charge is 0.360 e. The molecule has 0 aliphatic carbocycles. The number of nitrogens with one attached hydrogen (secondary N) is 2. The monoisotopic (exact) mass is 325 g/mol. The third-order valence-corrected chi connectivity index (χ3v) is 3.56. The van der Waals surface area contributed by atoms with Gasteiger partial charge in [-0.3, -0.25) is 4.79 Å². The Bertz CT molecular complexity index is 769. The molecule has 2 aromatic carbocycles. The van der Waals surface area contributed by atoms with Crippen LogP contribution in [0.3, 0.4) is 0 Å².